The Kier molecular flexibility index (Phi) is 5.63. The van der Waals surface area contributed by atoms with Crippen molar-refractivity contribution in [1.82, 2.24) is 9.97 Å². The SMILES string of the molecule is CCC1SCCSC1c1nc(Cl)c(C2CCCC2)c(Cl)n1. The zero-order chi connectivity index (χ0) is 14.8. The largest absolute Gasteiger partial charge is 0.220 e. The van der Waals surface area contributed by atoms with E-state index in [1.54, 1.807) is 0 Å². The smallest absolute Gasteiger partial charge is 0.145 e. The second-order valence-electron chi connectivity index (χ2n) is 5.67. The monoisotopic (exact) mass is 362 g/mol. The third-order valence-electron chi connectivity index (χ3n) is 4.34. The molecule has 0 bridgehead atoms. The Morgan fingerprint density at radius 3 is 2.29 bits per heavy atom. The van der Waals surface area contributed by atoms with Crippen molar-refractivity contribution in [3.8, 4) is 0 Å². The summed E-state index contributed by atoms with van der Waals surface area (Å²) >= 11 is 16.9. The van der Waals surface area contributed by atoms with Crippen molar-refractivity contribution < 1.29 is 0 Å². The maximum Gasteiger partial charge on any atom is 0.145 e. The van der Waals surface area contributed by atoms with Crippen molar-refractivity contribution in [1.29, 1.82) is 0 Å². The summed E-state index contributed by atoms with van der Waals surface area (Å²) in [5.41, 5.74) is 0.987. The van der Waals surface area contributed by atoms with Crippen molar-refractivity contribution in [2.75, 3.05) is 11.5 Å². The summed E-state index contributed by atoms with van der Waals surface area (Å²) < 4.78 is 0. The van der Waals surface area contributed by atoms with E-state index in [0.717, 1.165) is 36.4 Å². The molecule has 1 aromatic heterocycles. The number of halogens is 2. The first kappa shape index (κ1) is 16.2. The lowest BCUT2D eigenvalue weighted by Crippen LogP contribution is -2.21. The molecule has 0 spiro atoms. The van der Waals surface area contributed by atoms with E-state index in [4.69, 9.17) is 23.2 Å². The van der Waals surface area contributed by atoms with Crippen molar-refractivity contribution in [3.63, 3.8) is 0 Å². The first-order valence-electron chi connectivity index (χ1n) is 7.66. The molecular formula is C15H20Cl2N2S2. The van der Waals surface area contributed by atoms with Gasteiger partial charge in [-0.2, -0.15) is 11.8 Å². The molecule has 116 valence electrons. The average molecular weight is 363 g/mol. The lowest BCUT2D eigenvalue weighted by molar-refractivity contribution is 0.699. The van der Waals surface area contributed by atoms with Crippen molar-refractivity contribution in [3.05, 3.63) is 21.7 Å². The molecule has 6 heteroatoms. The van der Waals surface area contributed by atoms with Gasteiger partial charge in [0.05, 0.1) is 5.25 Å². The molecule has 21 heavy (non-hydrogen) atoms. The Balaban J connectivity index is 1.90. The van der Waals surface area contributed by atoms with E-state index in [9.17, 15) is 0 Å². The third kappa shape index (κ3) is 3.49. The molecule has 0 radical (unpaired) electrons. The first-order valence-corrected chi connectivity index (χ1v) is 10.5. The highest BCUT2D eigenvalue weighted by Gasteiger charge is 2.31. The van der Waals surface area contributed by atoms with Gasteiger partial charge in [-0.1, -0.05) is 43.0 Å². The van der Waals surface area contributed by atoms with Gasteiger partial charge < -0.3 is 0 Å². The minimum atomic E-state index is 0.321. The van der Waals surface area contributed by atoms with E-state index in [1.807, 2.05) is 23.5 Å². The summed E-state index contributed by atoms with van der Waals surface area (Å²) in [6, 6.07) is 0. The lowest BCUT2D eigenvalue weighted by Gasteiger charge is -2.29. The van der Waals surface area contributed by atoms with Gasteiger partial charge in [-0.15, -0.1) is 11.8 Å². The predicted octanol–water partition coefficient (Wildman–Crippen LogP) is 5.74. The quantitative estimate of drug-likeness (QED) is 0.640. The molecule has 1 aliphatic carbocycles. The van der Waals surface area contributed by atoms with E-state index < -0.39 is 0 Å². The van der Waals surface area contributed by atoms with Crippen LogP contribution in [0.1, 0.15) is 61.6 Å². The Labute approximate surface area is 145 Å². The minimum absolute atomic E-state index is 0.321. The number of nitrogens with zero attached hydrogens (tertiary/aromatic N) is 2. The maximum atomic E-state index is 6.47. The van der Waals surface area contributed by atoms with Crippen LogP contribution in [0.4, 0.5) is 0 Å². The zero-order valence-corrected chi connectivity index (χ0v) is 15.3. The van der Waals surface area contributed by atoms with Gasteiger partial charge in [0.25, 0.3) is 0 Å². The van der Waals surface area contributed by atoms with E-state index >= 15 is 0 Å². The van der Waals surface area contributed by atoms with Gasteiger partial charge in [-0.25, -0.2) is 9.97 Å². The molecule has 0 amide bonds. The van der Waals surface area contributed by atoms with E-state index in [-0.39, 0.29) is 0 Å². The van der Waals surface area contributed by atoms with Gasteiger partial charge >= 0.3 is 0 Å². The third-order valence-corrected chi connectivity index (χ3v) is 8.16. The predicted molar refractivity (Wildman–Crippen MR) is 95.0 cm³/mol. The summed E-state index contributed by atoms with van der Waals surface area (Å²) in [7, 11) is 0. The molecule has 1 aliphatic heterocycles. The Morgan fingerprint density at radius 1 is 1.05 bits per heavy atom. The van der Waals surface area contributed by atoms with Crippen LogP contribution in [0.2, 0.25) is 10.3 Å². The zero-order valence-electron chi connectivity index (χ0n) is 12.1. The summed E-state index contributed by atoms with van der Waals surface area (Å²) in [4.78, 5) is 9.27. The average Bonchev–Trinajstić information content (AvgIpc) is 3.00. The van der Waals surface area contributed by atoms with Gasteiger partial charge in [-0.3, -0.25) is 0 Å². The van der Waals surface area contributed by atoms with E-state index in [2.05, 4.69) is 16.9 Å². The molecule has 0 aromatic carbocycles. The molecule has 2 heterocycles. The highest BCUT2D eigenvalue weighted by atomic mass is 35.5. The molecule has 1 saturated carbocycles. The highest BCUT2D eigenvalue weighted by molar-refractivity contribution is 8.06. The number of rotatable bonds is 3. The van der Waals surface area contributed by atoms with Crippen LogP contribution in [0, 0.1) is 0 Å². The highest BCUT2D eigenvalue weighted by Crippen LogP contribution is 2.45. The lowest BCUT2D eigenvalue weighted by atomic mass is 10.0. The Bertz CT molecular complexity index is 483. The molecule has 1 aromatic rings. The van der Waals surface area contributed by atoms with Crippen LogP contribution in [0.15, 0.2) is 0 Å². The molecule has 2 atom stereocenters. The fourth-order valence-corrected chi connectivity index (χ4v) is 6.95. The van der Waals surface area contributed by atoms with Crippen molar-refractivity contribution >= 4 is 46.7 Å². The molecule has 2 aliphatic rings. The Hall–Kier alpha value is 0.360. The molecule has 2 nitrogen and oxygen atoms in total. The van der Waals surface area contributed by atoms with Gasteiger partial charge in [0, 0.05) is 22.3 Å². The van der Waals surface area contributed by atoms with Crippen LogP contribution >= 0.6 is 46.7 Å². The van der Waals surface area contributed by atoms with E-state index in [1.165, 1.54) is 18.6 Å². The van der Waals surface area contributed by atoms with Gasteiger partial charge in [-0.05, 0) is 25.2 Å². The molecular weight excluding hydrogens is 343 g/mol. The summed E-state index contributed by atoms with van der Waals surface area (Å²) in [6.07, 6.45) is 5.96. The second kappa shape index (κ2) is 7.29. The fraction of sp³-hybridized carbons (Fsp3) is 0.733. The number of thioether (sulfide) groups is 2. The number of aromatic nitrogens is 2. The van der Waals surface area contributed by atoms with E-state index in [0.29, 0.717) is 26.7 Å². The van der Waals surface area contributed by atoms with Crippen LogP contribution < -0.4 is 0 Å². The van der Waals surface area contributed by atoms with Gasteiger partial charge in [0.15, 0.2) is 0 Å². The first-order chi connectivity index (χ1) is 10.2. The maximum absolute atomic E-state index is 6.47. The van der Waals surface area contributed by atoms with Crippen LogP contribution in [0.5, 0.6) is 0 Å². The minimum Gasteiger partial charge on any atom is -0.220 e. The van der Waals surface area contributed by atoms with Crippen LogP contribution in [-0.2, 0) is 0 Å². The van der Waals surface area contributed by atoms with Crippen LogP contribution in [-0.4, -0.2) is 26.7 Å². The standard InChI is InChI=1S/C15H20Cl2N2S2/c1-2-10-12(21-8-7-20-10)15-18-13(16)11(14(17)19-15)9-5-3-4-6-9/h9-10,12H,2-8H2,1H3. The van der Waals surface area contributed by atoms with Crippen molar-refractivity contribution in [2.45, 2.75) is 55.4 Å². The van der Waals surface area contributed by atoms with Gasteiger partial charge in [0.2, 0.25) is 0 Å². The number of hydrogen-bond donors (Lipinski definition) is 0. The van der Waals surface area contributed by atoms with Crippen LogP contribution in [0.25, 0.3) is 0 Å². The molecule has 2 fully saturated rings. The topological polar surface area (TPSA) is 25.8 Å². The molecule has 1 saturated heterocycles. The summed E-state index contributed by atoms with van der Waals surface area (Å²) in [5, 5.41) is 2.06. The summed E-state index contributed by atoms with van der Waals surface area (Å²) in [6.45, 7) is 2.23. The molecule has 3 rings (SSSR count). The normalized spacial score (nSPS) is 27.2. The van der Waals surface area contributed by atoms with Crippen LogP contribution in [0.3, 0.4) is 0 Å². The fourth-order valence-electron chi connectivity index (χ4n) is 3.25. The molecule has 2 unspecified atom stereocenters. The van der Waals surface area contributed by atoms with Crippen molar-refractivity contribution in [2.24, 2.45) is 0 Å². The van der Waals surface area contributed by atoms with Gasteiger partial charge in [0.1, 0.15) is 16.1 Å². The summed E-state index contributed by atoms with van der Waals surface area (Å²) in [5.74, 6) is 3.64. The number of hydrogen-bond acceptors (Lipinski definition) is 4. The second-order valence-corrected chi connectivity index (χ2v) is 8.98. The molecule has 0 N–H and O–H groups in total. The Morgan fingerprint density at radius 2 is 1.67 bits per heavy atom.